The van der Waals surface area contributed by atoms with Crippen molar-refractivity contribution >= 4 is 40.7 Å². The zero-order chi connectivity index (χ0) is 13.8. The van der Waals surface area contributed by atoms with E-state index in [1.807, 2.05) is 6.26 Å². The largest absolute Gasteiger partial charge is 0.409 e. The van der Waals surface area contributed by atoms with Crippen molar-refractivity contribution in [3.8, 4) is 0 Å². The van der Waals surface area contributed by atoms with Gasteiger partial charge in [0.1, 0.15) is 5.82 Å². The Labute approximate surface area is 121 Å². The summed E-state index contributed by atoms with van der Waals surface area (Å²) in [5, 5.41) is 19.2. The van der Waals surface area contributed by atoms with E-state index in [4.69, 9.17) is 10.9 Å². The normalized spacial score (nSPS) is 11.8. The van der Waals surface area contributed by atoms with E-state index in [0.717, 1.165) is 4.34 Å². The minimum atomic E-state index is -0.449. The fourth-order valence-corrected chi connectivity index (χ4v) is 3.61. The number of thioether (sulfide) groups is 1. The number of halogens is 1. The maximum atomic E-state index is 13.9. The van der Waals surface area contributed by atoms with E-state index in [1.165, 1.54) is 40.9 Å². The Morgan fingerprint density at radius 1 is 1.42 bits per heavy atom. The second-order valence-electron chi connectivity index (χ2n) is 3.27. The summed E-state index contributed by atoms with van der Waals surface area (Å²) in [4.78, 5) is 0.415. The second kappa shape index (κ2) is 6.22. The van der Waals surface area contributed by atoms with Gasteiger partial charge in [-0.25, -0.2) is 4.39 Å². The zero-order valence-electron chi connectivity index (χ0n) is 9.70. The van der Waals surface area contributed by atoms with Crippen molar-refractivity contribution in [1.29, 1.82) is 0 Å². The van der Waals surface area contributed by atoms with Crippen LogP contribution in [0.4, 0.5) is 4.39 Å². The predicted molar refractivity (Wildman–Crippen MR) is 74.7 cm³/mol. The lowest BCUT2D eigenvalue weighted by Gasteiger charge is -2.02. The number of aromatic nitrogens is 2. The summed E-state index contributed by atoms with van der Waals surface area (Å²) in [6.07, 6.45) is 1.90. The first-order valence-electron chi connectivity index (χ1n) is 4.97. The molecule has 19 heavy (non-hydrogen) atoms. The third kappa shape index (κ3) is 3.37. The van der Waals surface area contributed by atoms with E-state index >= 15 is 0 Å². The van der Waals surface area contributed by atoms with Gasteiger partial charge in [-0.05, 0) is 24.5 Å². The van der Waals surface area contributed by atoms with Crippen LogP contribution in [0.1, 0.15) is 5.56 Å². The minimum Gasteiger partial charge on any atom is -0.409 e. The minimum absolute atomic E-state index is 0.129. The van der Waals surface area contributed by atoms with Crippen LogP contribution in [0.3, 0.4) is 0 Å². The molecule has 0 saturated heterocycles. The van der Waals surface area contributed by atoms with Crippen molar-refractivity contribution < 1.29 is 9.60 Å². The van der Waals surface area contributed by atoms with Crippen LogP contribution in [-0.4, -0.2) is 27.5 Å². The van der Waals surface area contributed by atoms with Crippen molar-refractivity contribution in [3.63, 3.8) is 0 Å². The first kappa shape index (κ1) is 14.1. The van der Waals surface area contributed by atoms with E-state index in [-0.39, 0.29) is 5.84 Å². The number of rotatable bonds is 4. The van der Waals surface area contributed by atoms with Gasteiger partial charge in [0.05, 0.1) is 4.90 Å². The lowest BCUT2D eigenvalue weighted by Crippen LogP contribution is -2.13. The molecule has 0 amide bonds. The molecule has 5 nitrogen and oxygen atoms in total. The molecule has 0 bridgehead atoms. The van der Waals surface area contributed by atoms with Gasteiger partial charge < -0.3 is 10.9 Å². The molecule has 0 aliphatic heterocycles. The fraction of sp³-hybridized carbons (Fsp3) is 0.100. The number of nitrogens with two attached hydrogens (primary N) is 1. The van der Waals surface area contributed by atoms with E-state index in [1.54, 1.807) is 12.1 Å². The van der Waals surface area contributed by atoms with Gasteiger partial charge in [-0.1, -0.05) is 40.0 Å². The topological polar surface area (TPSA) is 84.4 Å². The van der Waals surface area contributed by atoms with Crippen LogP contribution < -0.4 is 5.73 Å². The number of hydrogen-bond acceptors (Lipinski definition) is 7. The molecule has 1 heterocycles. The highest BCUT2D eigenvalue weighted by Crippen LogP contribution is 2.34. The highest BCUT2D eigenvalue weighted by molar-refractivity contribution is 8.03. The average molecular weight is 316 g/mol. The van der Waals surface area contributed by atoms with Crippen LogP contribution in [0.25, 0.3) is 0 Å². The monoisotopic (exact) mass is 316 g/mol. The number of oxime groups is 1. The molecule has 1 aromatic heterocycles. The molecule has 1 aromatic carbocycles. The molecule has 0 fully saturated rings. The van der Waals surface area contributed by atoms with Crippen molar-refractivity contribution in [2.45, 2.75) is 13.6 Å². The molecule has 100 valence electrons. The van der Waals surface area contributed by atoms with Crippen LogP contribution in [0.2, 0.25) is 0 Å². The van der Waals surface area contributed by atoms with E-state index in [9.17, 15) is 4.39 Å². The molecule has 3 N–H and O–H groups in total. The van der Waals surface area contributed by atoms with Gasteiger partial charge in [-0.3, -0.25) is 0 Å². The van der Waals surface area contributed by atoms with Crippen molar-refractivity contribution in [2.75, 3.05) is 6.26 Å². The second-order valence-corrected chi connectivity index (χ2v) is 6.59. The molecule has 0 atom stereocenters. The number of benzene rings is 1. The summed E-state index contributed by atoms with van der Waals surface area (Å²) in [5.74, 6) is -0.578. The smallest absolute Gasteiger partial charge is 0.179 e. The van der Waals surface area contributed by atoms with Gasteiger partial charge in [0.15, 0.2) is 14.5 Å². The Kier molecular flexibility index (Phi) is 4.61. The van der Waals surface area contributed by atoms with Gasteiger partial charge >= 0.3 is 0 Å². The van der Waals surface area contributed by atoms with Gasteiger partial charge in [0.2, 0.25) is 0 Å². The number of nitrogens with zero attached hydrogens (tertiary/aromatic N) is 3. The Morgan fingerprint density at radius 2 is 2.16 bits per heavy atom. The maximum absolute atomic E-state index is 13.9. The quantitative estimate of drug-likeness (QED) is 0.296. The van der Waals surface area contributed by atoms with E-state index in [0.29, 0.717) is 14.8 Å². The molecule has 0 saturated carbocycles. The summed E-state index contributed by atoms with van der Waals surface area (Å²) < 4.78 is 15.4. The molecule has 0 spiro atoms. The summed E-state index contributed by atoms with van der Waals surface area (Å²) in [5.41, 5.74) is 5.72. The number of hydrogen-bond donors (Lipinski definition) is 2. The predicted octanol–water partition coefficient (Wildman–Crippen LogP) is 2.64. The molecule has 2 aromatic rings. The lowest BCUT2D eigenvalue weighted by molar-refractivity contribution is 0.318. The lowest BCUT2D eigenvalue weighted by atomic mass is 10.2. The summed E-state index contributed by atoms with van der Waals surface area (Å²) >= 11 is 4.08. The van der Waals surface area contributed by atoms with Crippen LogP contribution in [0, 0.1) is 5.82 Å². The van der Waals surface area contributed by atoms with Crippen molar-refractivity contribution in [1.82, 2.24) is 10.2 Å². The molecule has 0 unspecified atom stereocenters. The van der Waals surface area contributed by atoms with Gasteiger partial charge in [-0.2, -0.15) is 0 Å². The van der Waals surface area contributed by atoms with Crippen molar-refractivity contribution in [2.24, 2.45) is 10.9 Å². The van der Waals surface area contributed by atoms with Crippen LogP contribution >= 0.6 is 34.9 Å². The zero-order valence-corrected chi connectivity index (χ0v) is 12.2. The Bertz CT molecular complexity index is 617. The highest BCUT2D eigenvalue weighted by Gasteiger charge is 2.11. The van der Waals surface area contributed by atoms with Crippen LogP contribution in [0.5, 0.6) is 0 Å². The molecular formula is C10H9FN4OS3. The molecule has 0 aliphatic carbocycles. The van der Waals surface area contributed by atoms with E-state index in [2.05, 4.69) is 15.4 Å². The van der Waals surface area contributed by atoms with E-state index < -0.39 is 5.82 Å². The molecule has 9 heteroatoms. The summed E-state index contributed by atoms with van der Waals surface area (Å²) in [6.45, 7) is 0. The number of amidine groups is 1. The van der Waals surface area contributed by atoms with Gasteiger partial charge in [0, 0.05) is 5.56 Å². The molecule has 0 radical (unpaired) electrons. The fourth-order valence-electron chi connectivity index (χ4n) is 1.22. The Balaban J connectivity index is 2.21. The summed E-state index contributed by atoms with van der Waals surface area (Å²) in [7, 11) is 0. The van der Waals surface area contributed by atoms with Crippen LogP contribution in [0.15, 0.2) is 36.9 Å². The first-order chi connectivity index (χ1) is 9.13. The highest BCUT2D eigenvalue weighted by atomic mass is 32.2. The molecular weight excluding hydrogens is 307 g/mol. The third-order valence-corrected chi connectivity index (χ3v) is 5.10. The van der Waals surface area contributed by atoms with Crippen molar-refractivity contribution in [3.05, 3.63) is 29.6 Å². The molecule has 0 aliphatic rings. The molecule has 2 rings (SSSR count). The first-order valence-corrected chi connectivity index (χ1v) is 7.82. The average Bonchev–Trinajstić information content (AvgIpc) is 2.88. The third-order valence-electron chi connectivity index (χ3n) is 2.10. The standard InChI is InChI=1S/C10H9FN4OS3/c1-17-9-13-14-10(19-9)18-7-3-2-5(4-6(7)11)8(12)15-16/h2-4,16H,1H3,(H2,12,15). The summed E-state index contributed by atoms with van der Waals surface area (Å²) in [6, 6.07) is 4.36. The Morgan fingerprint density at radius 3 is 2.74 bits per heavy atom. The SMILES string of the molecule is CSc1nnc(Sc2ccc(/C(N)=N/O)cc2F)s1. The maximum Gasteiger partial charge on any atom is 0.179 e. The van der Waals surface area contributed by atoms with Crippen LogP contribution in [-0.2, 0) is 0 Å². The van der Waals surface area contributed by atoms with Gasteiger partial charge in [-0.15, -0.1) is 10.2 Å². The van der Waals surface area contributed by atoms with Gasteiger partial charge in [0.25, 0.3) is 0 Å². The Hall–Kier alpha value is -1.32.